The number of anilines is 1. The fourth-order valence-electron chi connectivity index (χ4n) is 2.54. The average molecular weight is 428 g/mol. The summed E-state index contributed by atoms with van der Waals surface area (Å²) >= 11 is 11.9. The van der Waals surface area contributed by atoms with Crippen LogP contribution in [0.1, 0.15) is 5.56 Å². The molecule has 0 unspecified atom stereocenters. The zero-order valence-electron chi connectivity index (χ0n) is 13.7. The molecule has 0 aliphatic rings. The summed E-state index contributed by atoms with van der Waals surface area (Å²) in [6.07, 6.45) is 0. The first-order valence-electron chi connectivity index (χ1n) is 7.75. The third kappa shape index (κ3) is 4.40. The third-order valence-electron chi connectivity index (χ3n) is 3.77. The molecular weight excluding hydrogens is 415 g/mol. The Morgan fingerprint density at radius 2 is 1.56 bits per heavy atom. The van der Waals surface area contributed by atoms with Crippen molar-refractivity contribution in [2.75, 3.05) is 4.31 Å². The number of nitrogens with zero attached hydrogens (tertiary/aromatic N) is 1. The van der Waals surface area contributed by atoms with E-state index in [-0.39, 0.29) is 17.3 Å². The van der Waals surface area contributed by atoms with Crippen molar-refractivity contribution in [1.29, 1.82) is 0 Å². The Hall–Kier alpha value is -2.15. The predicted octanol–water partition coefficient (Wildman–Crippen LogP) is 5.67. The minimum atomic E-state index is -4.34. The molecule has 3 aromatic rings. The molecule has 27 heavy (non-hydrogen) atoms. The molecule has 3 nitrogen and oxygen atoms in total. The lowest BCUT2D eigenvalue weighted by atomic mass is 10.2. The van der Waals surface area contributed by atoms with Gasteiger partial charge >= 0.3 is 0 Å². The summed E-state index contributed by atoms with van der Waals surface area (Å²) in [5.74, 6) is -1.45. The van der Waals surface area contributed by atoms with Crippen LogP contribution in [0, 0.1) is 11.6 Å². The summed E-state index contributed by atoms with van der Waals surface area (Å²) in [7, 11) is -4.34. The normalized spacial score (nSPS) is 11.4. The van der Waals surface area contributed by atoms with Gasteiger partial charge in [-0.15, -0.1) is 0 Å². The highest BCUT2D eigenvalue weighted by Gasteiger charge is 2.28. The molecule has 0 aliphatic carbocycles. The quantitative estimate of drug-likeness (QED) is 0.526. The average Bonchev–Trinajstić information content (AvgIpc) is 2.61. The number of hydrogen-bond donors (Lipinski definition) is 0. The summed E-state index contributed by atoms with van der Waals surface area (Å²) in [5.41, 5.74) is 0.604. The highest BCUT2D eigenvalue weighted by atomic mass is 35.5. The van der Waals surface area contributed by atoms with Crippen LogP contribution in [-0.4, -0.2) is 8.42 Å². The molecule has 0 saturated heterocycles. The van der Waals surface area contributed by atoms with Gasteiger partial charge in [-0.3, -0.25) is 4.31 Å². The standard InChI is InChI=1S/C19H13Cl2F2NO2S/c20-14-4-2-6-17(10-14)24(12-13-3-1-5-16(22)9-13)27(25,26)19-11-15(21)7-8-18(19)23/h1-11H,12H2. The van der Waals surface area contributed by atoms with Crippen molar-refractivity contribution in [1.82, 2.24) is 0 Å². The van der Waals surface area contributed by atoms with E-state index in [1.165, 1.54) is 36.4 Å². The van der Waals surface area contributed by atoms with E-state index in [2.05, 4.69) is 0 Å². The minimum absolute atomic E-state index is 0.0757. The maximum Gasteiger partial charge on any atom is 0.267 e. The second-order valence-corrected chi connectivity index (χ2v) is 8.40. The first kappa shape index (κ1) is 19.6. The predicted molar refractivity (Wildman–Crippen MR) is 103 cm³/mol. The molecular formula is C19H13Cl2F2NO2S. The van der Waals surface area contributed by atoms with Crippen LogP contribution in [-0.2, 0) is 16.6 Å². The van der Waals surface area contributed by atoms with Crippen LogP contribution in [0.2, 0.25) is 10.0 Å². The molecule has 0 atom stereocenters. The van der Waals surface area contributed by atoms with E-state index in [0.29, 0.717) is 10.6 Å². The van der Waals surface area contributed by atoms with E-state index in [0.717, 1.165) is 16.4 Å². The molecule has 3 rings (SSSR count). The lowest BCUT2D eigenvalue weighted by Crippen LogP contribution is -2.31. The van der Waals surface area contributed by atoms with Gasteiger partial charge in [-0.25, -0.2) is 17.2 Å². The molecule has 140 valence electrons. The fourth-order valence-corrected chi connectivity index (χ4v) is 4.50. The van der Waals surface area contributed by atoms with Crippen LogP contribution in [0.25, 0.3) is 0 Å². The lowest BCUT2D eigenvalue weighted by Gasteiger charge is -2.25. The number of sulfonamides is 1. The lowest BCUT2D eigenvalue weighted by molar-refractivity contribution is 0.563. The largest absolute Gasteiger partial charge is 0.267 e. The Labute approximate surface area is 165 Å². The molecule has 0 spiro atoms. The van der Waals surface area contributed by atoms with Crippen molar-refractivity contribution in [3.63, 3.8) is 0 Å². The molecule has 0 heterocycles. The number of rotatable bonds is 5. The van der Waals surface area contributed by atoms with Crippen LogP contribution in [0.5, 0.6) is 0 Å². The van der Waals surface area contributed by atoms with Crippen molar-refractivity contribution >= 4 is 38.9 Å². The topological polar surface area (TPSA) is 37.4 Å². The summed E-state index contributed by atoms with van der Waals surface area (Å²) < 4.78 is 55.2. The highest BCUT2D eigenvalue weighted by molar-refractivity contribution is 7.92. The molecule has 0 fully saturated rings. The van der Waals surface area contributed by atoms with E-state index >= 15 is 0 Å². The van der Waals surface area contributed by atoms with E-state index < -0.39 is 26.6 Å². The van der Waals surface area contributed by atoms with Gasteiger partial charge in [0.15, 0.2) is 0 Å². The van der Waals surface area contributed by atoms with Crippen molar-refractivity contribution in [2.45, 2.75) is 11.4 Å². The van der Waals surface area contributed by atoms with Gasteiger partial charge in [0, 0.05) is 10.0 Å². The van der Waals surface area contributed by atoms with Gasteiger partial charge in [-0.2, -0.15) is 0 Å². The van der Waals surface area contributed by atoms with Gasteiger partial charge in [-0.05, 0) is 54.1 Å². The van der Waals surface area contributed by atoms with Gasteiger partial charge in [0.1, 0.15) is 16.5 Å². The Morgan fingerprint density at radius 1 is 0.852 bits per heavy atom. The van der Waals surface area contributed by atoms with E-state index in [9.17, 15) is 17.2 Å². The second kappa shape index (κ2) is 7.84. The SMILES string of the molecule is O=S(=O)(c1cc(Cl)ccc1F)N(Cc1cccc(F)c1)c1cccc(Cl)c1. The fraction of sp³-hybridized carbons (Fsp3) is 0.0526. The van der Waals surface area contributed by atoms with Crippen LogP contribution < -0.4 is 4.31 Å². The molecule has 0 radical (unpaired) electrons. The number of hydrogen-bond acceptors (Lipinski definition) is 2. The van der Waals surface area contributed by atoms with Crippen LogP contribution >= 0.6 is 23.2 Å². The first-order valence-corrected chi connectivity index (χ1v) is 9.95. The summed E-state index contributed by atoms with van der Waals surface area (Å²) in [5, 5.41) is 0.380. The molecule has 3 aromatic carbocycles. The number of halogens is 4. The van der Waals surface area contributed by atoms with Crippen molar-refractivity contribution in [2.24, 2.45) is 0 Å². The zero-order valence-corrected chi connectivity index (χ0v) is 16.1. The van der Waals surface area contributed by atoms with Gasteiger partial charge in [0.05, 0.1) is 12.2 Å². The molecule has 0 N–H and O–H groups in total. The van der Waals surface area contributed by atoms with Crippen LogP contribution in [0.15, 0.2) is 71.6 Å². The third-order valence-corrected chi connectivity index (χ3v) is 6.03. The molecule has 0 aromatic heterocycles. The molecule has 0 saturated carbocycles. The highest BCUT2D eigenvalue weighted by Crippen LogP contribution is 2.30. The van der Waals surface area contributed by atoms with Gasteiger partial charge in [-0.1, -0.05) is 41.4 Å². The van der Waals surface area contributed by atoms with Crippen molar-refractivity contribution < 1.29 is 17.2 Å². The van der Waals surface area contributed by atoms with E-state index in [4.69, 9.17) is 23.2 Å². The second-order valence-electron chi connectivity index (χ2n) is 5.70. The first-order chi connectivity index (χ1) is 12.8. The minimum Gasteiger partial charge on any atom is -0.262 e. The molecule has 8 heteroatoms. The summed E-state index contributed by atoms with van der Waals surface area (Å²) in [6, 6.07) is 14.9. The Morgan fingerprint density at radius 3 is 2.26 bits per heavy atom. The zero-order chi connectivity index (χ0) is 19.6. The Kier molecular flexibility index (Phi) is 5.69. The summed E-state index contributed by atoms with van der Waals surface area (Å²) in [6.45, 7) is -0.216. The smallest absolute Gasteiger partial charge is 0.262 e. The van der Waals surface area contributed by atoms with Crippen LogP contribution in [0.4, 0.5) is 14.5 Å². The van der Waals surface area contributed by atoms with Gasteiger partial charge in [0.2, 0.25) is 0 Å². The Balaban J connectivity index is 2.15. The Bertz CT molecular complexity index is 1090. The maximum absolute atomic E-state index is 14.3. The molecule has 0 bridgehead atoms. The van der Waals surface area contributed by atoms with Gasteiger partial charge < -0.3 is 0 Å². The number of benzene rings is 3. The summed E-state index contributed by atoms with van der Waals surface area (Å²) in [4.78, 5) is -0.577. The van der Waals surface area contributed by atoms with E-state index in [1.807, 2.05) is 0 Å². The monoisotopic (exact) mass is 427 g/mol. The molecule has 0 aliphatic heterocycles. The van der Waals surface area contributed by atoms with Crippen molar-refractivity contribution in [3.8, 4) is 0 Å². The van der Waals surface area contributed by atoms with E-state index in [1.54, 1.807) is 18.2 Å². The van der Waals surface area contributed by atoms with Crippen molar-refractivity contribution in [3.05, 3.63) is 94.0 Å². The van der Waals surface area contributed by atoms with Gasteiger partial charge in [0.25, 0.3) is 10.0 Å². The van der Waals surface area contributed by atoms with Crippen LogP contribution in [0.3, 0.4) is 0 Å². The maximum atomic E-state index is 14.3. The molecule has 0 amide bonds.